The second-order valence-electron chi connectivity index (χ2n) is 5.90. The van der Waals surface area contributed by atoms with Gasteiger partial charge in [0.1, 0.15) is 0 Å². The Hall–Kier alpha value is -2.40. The number of benzene rings is 1. The van der Waals surface area contributed by atoms with E-state index in [-0.39, 0.29) is 6.10 Å². The zero-order valence-corrected chi connectivity index (χ0v) is 15.3. The molecule has 0 aliphatic rings. The average Bonchev–Trinajstić information content (AvgIpc) is 2.65. The molecule has 134 valence electrons. The van der Waals surface area contributed by atoms with Crippen LogP contribution in [0.1, 0.15) is 36.3 Å². The highest BCUT2D eigenvalue weighted by molar-refractivity contribution is 5.79. The molecule has 0 spiro atoms. The largest absolute Gasteiger partial charge is 0.374 e. The Kier molecular flexibility index (Phi) is 7.92. The van der Waals surface area contributed by atoms with Crippen LogP contribution in [-0.2, 0) is 11.3 Å². The molecule has 25 heavy (non-hydrogen) atoms. The van der Waals surface area contributed by atoms with Gasteiger partial charge >= 0.3 is 0 Å². The van der Waals surface area contributed by atoms with Gasteiger partial charge in [-0.25, -0.2) is 0 Å². The van der Waals surface area contributed by atoms with Crippen molar-refractivity contribution in [3.05, 3.63) is 65.5 Å². The topological polar surface area (TPSA) is 58.5 Å². The van der Waals surface area contributed by atoms with Gasteiger partial charge in [0.2, 0.25) is 0 Å². The predicted molar refractivity (Wildman–Crippen MR) is 103 cm³/mol. The van der Waals surface area contributed by atoms with E-state index in [2.05, 4.69) is 52.7 Å². The van der Waals surface area contributed by atoms with Gasteiger partial charge in [0.05, 0.1) is 18.3 Å². The molecule has 0 saturated heterocycles. The lowest BCUT2D eigenvalue weighted by molar-refractivity contribution is 0.0646. The number of rotatable bonds is 8. The van der Waals surface area contributed by atoms with Gasteiger partial charge in [-0.3, -0.25) is 9.98 Å². The Morgan fingerprint density at radius 2 is 1.96 bits per heavy atom. The molecule has 1 atom stereocenters. The minimum Gasteiger partial charge on any atom is -0.374 e. The third-order valence-corrected chi connectivity index (χ3v) is 4.02. The molecule has 5 heteroatoms. The maximum atomic E-state index is 5.88. The van der Waals surface area contributed by atoms with E-state index in [0.717, 1.165) is 24.6 Å². The monoisotopic (exact) mass is 340 g/mol. The van der Waals surface area contributed by atoms with Crippen molar-refractivity contribution in [2.45, 2.75) is 32.9 Å². The molecule has 0 aliphatic heterocycles. The van der Waals surface area contributed by atoms with Crippen LogP contribution < -0.4 is 10.6 Å². The summed E-state index contributed by atoms with van der Waals surface area (Å²) in [7, 11) is 1.77. The van der Waals surface area contributed by atoms with Crippen LogP contribution in [0.5, 0.6) is 0 Å². The molecular weight excluding hydrogens is 312 g/mol. The van der Waals surface area contributed by atoms with E-state index >= 15 is 0 Å². The molecule has 2 N–H and O–H groups in total. The zero-order chi connectivity index (χ0) is 17.9. The van der Waals surface area contributed by atoms with E-state index in [1.165, 1.54) is 11.1 Å². The molecule has 5 nitrogen and oxygen atoms in total. The van der Waals surface area contributed by atoms with E-state index in [1.807, 2.05) is 30.5 Å². The Morgan fingerprint density at radius 1 is 1.16 bits per heavy atom. The summed E-state index contributed by atoms with van der Waals surface area (Å²) < 4.78 is 5.88. The average molecular weight is 340 g/mol. The highest BCUT2D eigenvalue weighted by Crippen LogP contribution is 2.15. The van der Waals surface area contributed by atoms with Crippen LogP contribution >= 0.6 is 0 Å². The molecule has 0 radical (unpaired) electrons. The number of aliphatic imine (C=N–C) groups is 1. The minimum absolute atomic E-state index is 0.116. The lowest BCUT2D eigenvalue weighted by Gasteiger charge is -2.15. The van der Waals surface area contributed by atoms with Crippen LogP contribution in [0.3, 0.4) is 0 Å². The van der Waals surface area contributed by atoms with Gasteiger partial charge < -0.3 is 15.4 Å². The summed E-state index contributed by atoms with van der Waals surface area (Å²) in [5.41, 5.74) is 3.41. The van der Waals surface area contributed by atoms with Crippen LogP contribution in [0.2, 0.25) is 0 Å². The second kappa shape index (κ2) is 10.5. The molecule has 1 aromatic carbocycles. The highest BCUT2D eigenvalue weighted by Gasteiger charge is 2.05. The number of ether oxygens (including phenoxy) is 1. The van der Waals surface area contributed by atoms with Crippen molar-refractivity contribution in [1.29, 1.82) is 0 Å². The molecule has 0 aliphatic carbocycles. The molecule has 0 bridgehead atoms. The van der Waals surface area contributed by atoms with Crippen molar-refractivity contribution in [2.24, 2.45) is 4.99 Å². The van der Waals surface area contributed by atoms with E-state index in [4.69, 9.17) is 4.74 Å². The number of hydrogen-bond donors (Lipinski definition) is 2. The molecule has 1 aromatic heterocycles. The maximum absolute atomic E-state index is 5.88. The normalized spacial score (nSPS) is 12.7. The number of pyridine rings is 1. The Bertz CT molecular complexity index is 658. The molecule has 0 amide bonds. The second-order valence-corrected chi connectivity index (χ2v) is 5.90. The van der Waals surface area contributed by atoms with Crippen LogP contribution in [0.4, 0.5) is 0 Å². The fraction of sp³-hybridized carbons (Fsp3) is 0.400. The Labute approximate surface area is 150 Å². The summed E-state index contributed by atoms with van der Waals surface area (Å²) in [6.45, 7) is 6.32. The number of nitrogens with one attached hydrogen (secondary N) is 2. The quantitative estimate of drug-likeness (QED) is 0.440. The first-order chi connectivity index (χ1) is 12.2. The first-order valence-electron chi connectivity index (χ1n) is 8.72. The summed E-state index contributed by atoms with van der Waals surface area (Å²) in [6, 6.07) is 14.3. The lowest BCUT2D eigenvalue weighted by atomic mass is 10.1. The van der Waals surface area contributed by atoms with Gasteiger partial charge in [0, 0.05) is 26.4 Å². The molecule has 0 fully saturated rings. The van der Waals surface area contributed by atoms with E-state index in [1.54, 1.807) is 7.05 Å². The third kappa shape index (κ3) is 6.55. The standard InChI is InChI=1S/C20H28N4O/c1-16-9-7-12-22-19(16)15-24-20(21-3)23-13-8-14-25-17(2)18-10-5-4-6-11-18/h4-7,9-12,17H,8,13-15H2,1-3H3,(H2,21,23,24). The number of nitrogens with zero attached hydrogens (tertiary/aromatic N) is 2. The van der Waals surface area contributed by atoms with Crippen molar-refractivity contribution in [3.63, 3.8) is 0 Å². The first-order valence-corrected chi connectivity index (χ1v) is 8.72. The first kappa shape index (κ1) is 18.9. The molecule has 2 rings (SSSR count). The van der Waals surface area contributed by atoms with Crippen molar-refractivity contribution >= 4 is 5.96 Å². The highest BCUT2D eigenvalue weighted by atomic mass is 16.5. The van der Waals surface area contributed by atoms with Crippen molar-refractivity contribution in [2.75, 3.05) is 20.2 Å². The number of aromatic nitrogens is 1. The number of guanidine groups is 1. The third-order valence-electron chi connectivity index (χ3n) is 4.02. The number of hydrogen-bond acceptors (Lipinski definition) is 3. The summed E-state index contributed by atoms with van der Waals surface area (Å²) in [5.74, 6) is 0.779. The van der Waals surface area contributed by atoms with Crippen molar-refractivity contribution in [3.8, 4) is 0 Å². The summed E-state index contributed by atoms with van der Waals surface area (Å²) in [4.78, 5) is 8.62. The Morgan fingerprint density at radius 3 is 2.68 bits per heavy atom. The molecule has 2 aromatic rings. The van der Waals surface area contributed by atoms with Crippen LogP contribution in [0.15, 0.2) is 53.7 Å². The fourth-order valence-corrected chi connectivity index (χ4v) is 2.45. The molecule has 1 unspecified atom stereocenters. The van der Waals surface area contributed by atoms with Crippen LogP contribution in [0, 0.1) is 6.92 Å². The van der Waals surface area contributed by atoms with Crippen LogP contribution in [0.25, 0.3) is 0 Å². The molecular formula is C20H28N4O. The van der Waals surface area contributed by atoms with Gasteiger partial charge in [-0.05, 0) is 37.5 Å². The van der Waals surface area contributed by atoms with Gasteiger partial charge in [-0.2, -0.15) is 0 Å². The van der Waals surface area contributed by atoms with Crippen molar-refractivity contribution < 1.29 is 4.74 Å². The van der Waals surface area contributed by atoms with Gasteiger partial charge in [-0.1, -0.05) is 36.4 Å². The van der Waals surface area contributed by atoms with Crippen molar-refractivity contribution in [1.82, 2.24) is 15.6 Å². The zero-order valence-electron chi connectivity index (χ0n) is 15.3. The minimum atomic E-state index is 0.116. The van der Waals surface area contributed by atoms with Crippen LogP contribution in [-0.4, -0.2) is 31.1 Å². The summed E-state index contributed by atoms with van der Waals surface area (Å²) >= 11 is 0. The summed E-state index contributed by atoms with van der Waals surface area (Å²) in [6.07, 6.45) is 2.84. The predicted octanol–water partition coefficient (Wildman–Crippen LogP) is 3.22. The van der Waals surface area contributed by atoms with E-state index < -0.39 is 0 Å². The smallest absolute Gasteiger partial charge is 0.191 e. The Balaban J connectivity index is 1.64. The lowest BCUT2D eigenvalue weighted by Crippen LogP contribution is -2.37. The SMILES string of the molecule is CN=C(NCCCOC(C)c1ccccc1)NCc1ncccc1C. The van der Waals surface area contributed by atoms with Gasteiger partial charge in [-0.15, -0.1) is 0 Å². The molecule has 0 saturated carbocycles. The van der Waals surface area contributed by atoms with Gasteiger partial charge in [0.25, 0.3) is 0 Å². The van der Waals surface area contributed by atoms with Gasteiger partial charge in [0.15, 0.2) is 5.96 Å². The fourth-order valence-electron chi connectivity index (χ4n) is 2.45. The van der Waals surface area contributed by atoms with E-state index in [0.29, 0.717) is 13.2 Å². The van der Waals surface area contributed by atoms with E-state index in [9.17, 15) is 0 Å². The molecule has 1 heterocycles. The maximum Gasteiger partial charge on any atom is 0.191 e. The number of aryl methyl sites for hydroxylation is 1. The summed E-state index contributed by atoms with van der Waals surface area (Å²) in [5, 5.41) is 6.59.